The second kappa shape index (κ2) is 7.08. The van der Waals surface area contributed by atoms with Crippen LogP contribution in [0.25, 0.3) is 0 Å². The van der Waals surface area contributed by atoms with E-state index in [9.17, 15) is 0 Å². The van der Waals surface area contributed by atoms with Crippen molar-refractivity contribution in [1.82, 2.24) is 5.32 Å². The summed E-state index contributed by atoms with van der Waals surface area (Å²) in [4.78, 5) is 0. The van der Waals surface area contributed by atoms with Gasteiger partial charge in [0.15, 0.2) is 0 Å². The molecule has 0 aliphatic carbocycles. The molecule has 2 heteroatoms. The van der Waals surface area contributed by atoms with Gasteiger partial charge in [-0.1, -0.05) is 27.7 Å². The number of hydrogen-bond donors (Lipinski definition) is 1. The summed E-state index contributed by atoms with van der Waals surface area (Å²) < 4.78 is 0. The van der Waals surface area contributed by atoms with Crippen molar-refractivity contribution >= 4 is 11.3 Å². The Bertz CT molecular complexity index is 266. The summed E-state index contributed by atoms with van der Waals surface area (Å²) in [6.07, 6.45) is 2.46. The second-order valence-electron chi connectivity index (χ2n) is 4.94. The van der Waals surface area contributed by atoms with Gasteiger partial charge in [0, 0.05) is 6.04 Å². The van der Waals surface area contributed by atoms with Crippen molar-refractivity contribution in [1.29, 1.82) is 0 Å². The number of thiophene rings is 1. The molecule has 1 rings (SSSR count). The largest absolute Gasteiger partial charge is 0.314 e. The summed E-state index contributed by atoms with van der Waals surface area (Å²) >= 11 is 1.80. The quantitative estimate of drug-likeness (QED) is 0.759. The van der Waals surface area contributed by atoms with E-state index in [0.717, 1.165) is 18.4 Å². The van der Waals surface area contributed by atoms with E-state index in [4.69, 9.17) is 0 Å². The van der Waals surface area contributed by atoms with Crippen molar-refractivity contribution in [3.63, 3.8) is 0 Å². The Morgan fingerprint density at radius 2 is 2.06 bits per heavy atom. The van der Waals surface area contributed by atoms with E-state index in [1.165, 1.54) is 18.4 Å². The summed E-state index contributed by atoms with van der Waals surface area (Å²) in [7, 11) is 0. The topological polar surface area (TPSA) is 12.0 Å². The Morgan fingerprint density at radius 3 is 2.56 bits per heavy atom. The van der Waals surface area contributed by atoms with Crippen molar-refractivity contribution < 1.29 is 0 Å². The van der Waals surface area contributed by atoms with Crippen LogP contribution < -0.4 is 5.32 Å². The molecule has 0 aliphatic rings. The van der Waals surface area contributed by atoms with Crippen LogP contribution in [-0.2, 0) is 6.42 Å². The molecule has 0 saturated heterocycles. The molecule has 0 fully saturated rings. The standard InChI is InChI=1S/C14H25NS/c1-5-15-14(12(4)11(2)3)7-6-13-8-9-16-10-13/h8-12,14-15H,5-7H2,1-4H3. The van der Waals surface area contributed by atoms with Crippen LogP contribution in [0, 0.1) is 11.8 Å². The van der Waals surface area contributed by atoms with Gasteiger partial charge in [-0.15, -0.1) is 0 Å². The molecule has 1 aromatic rings. The summed E-state index contributed by atoms with van der Waals surface area (Å²) in [5.74, 6) is 1.50. The Labute approximate surface area is 104 Å². The van der Waals surface area contributed by atoms with Gasteiger partial charge in [0.05, 0.1) is 0 Å². The average molecular weight is 239 g/mol. The molecule has 0 aliphatic heterocycles. The molecule has 1 nitrogen and oxygen atoms in total. The van der Waals surface area contributed by atoms with E-state index < -0.39 is 0 Å². The van der Waals surface area contributed by atoms with Crippen molar-refractivity contribution in [3.05, 3.63) is 22.4 Å². The van der Waals surface area contributed by atoms with Gasteiger partial charge in [-0.05, 0) is 53.6 Å². The molecule has 2 atom stereocenters. The molecule has 1 heterocycles. The Hall–Kier alpha value is -0.340. The van der Waals surface area contributed by atoms with Gasteiger partial charge in [0.25, 0.3) is 0 Å². The third kappa shape index (κ3) is 4.26. The number of rotatable bonds is 7. The fourth-order valence-electron chi connectivity index (χ4n) is 2.03. The van der Waals surface area contributed by atoms with Crippen molar-refractivity contribution in [3.8, 4) is 0 Å². The highest BCUT2D eigenvalue weighted by atomic mass is 32.1. The fraction of sp³-hybridized carbons (Fsp3) is 0.714. The predicted molar refractivity (Wildman–Crippen MR) is 74.1 cm³/mol. The fourth-order valence-corrected chi connectivity index (χ4v) is 2.74. The minimum absolute atomic E-state index is 0.657. The first kappa shape index (κ1) is 13.7. The van der Waals surface area contributed by atoms with E-state index in [0.29, 0.717) is 6.04 Å². The Balaban J connectivity index is 2.44. The van der Waals surface area contributed by atoms with Crippen LogP contribution in [0.3, 0.4) is 0 Å². The van der Waals surface area contributed by atoms with Gasteiger partial charge in [-0.25, -0.2) is 0 Å². The molecule has 2 unspecified atom stereocenters. The first-order valence-electron chi connectivity index (χ1n) is 6.39. The normalized spacial score (nSPS) is 15.3. The van der Waals surface area contributed by atoms with Crippen molar-refractivity contribution in [2.75, 3.05) is 6.54 Å². The van der Waals surface area contributed by atoms with Crippen molar-refractivity contribution in [2.45, 2.75) is 46.6 Å². The molecule has 92 valence electrons. The number of nitrogens with one attached hydrogen (secondary N) is 1. The first-order chi connectivity index (χ1) is 7.65. The average Bonchev–Trinajstić information content (AvgIpc) is 2.75. The third-order valence-electron chi connectivity index (χ3n) is 3.48. The van der Waals surface area contributed by atoms with E-state index >= 15 is 0 Å². The number of hydrogen-bond acceptors (Lipinski definition) is 2. The lowest BCUT2D eigenvalue weighted by Crippen LogP contribution is -2.37. The summed E-state index contributed by atoms with van der Waals surface area (Å²) in [6.45, 7) is 10.3. The Kier molecular flexibility index (Phi) is 6.07. The molecular formula is C14H25NS. The maximum Gasteiger partial charge on any atom is 0.00981 e. The molecule has 0 aromatic carbocycles. The minimum atomic E-state index is 0.657. The molecule has 0 saturated carbocycles. The molecule has 1 aromatic heterocycles. The monoisotopic (exact) mass is 239 g/mol. The summed E-state index contributed by atoms with van der Waals surface area (Å²) in [5.41, 5.74) is 1.49. The predicted octanol–water partition coefficient (Wildman–Crippen LogP) is 3.95. The maximum atomic E-state index is 3.63. The zero-order chi connectivity index (χ0) is 12.0. The van der Waals surface area contributed by atoms with Crippen LogP contribution in [0.4, 0.5) is 0 Å². The van der Waals surface area contributed by atoms with Crippen LogP contribution in [0.5, 0.6) is 0 Å². The lowest BCUT2D eigenvalue weighted by molar-refractivity contribution is 0.289. The molecule has 0 amide bonds. The van der Waals surface area contributed by atoms with Crippen LogP contribution in [0.2, 0.25) is 0 Å². The highest BCUT2D eigenvalue weighted by Gasteiger charge is 2.18. The summed E-state index contributed by atoms with van der Waals surface area (Å²) in [6, 6.07) is 2.90. The van der Waals surface area contributed by atoms with Gasteiger partial charge >= 0.3 is 0 Å². The second-order valence-corrected chi connectivity index (χ2v) is 5.72. The molecule has 16 heavy (non-hydrogen) atoms. The van der Waals surface area contributed by atoms with Crippen LogP contribution in [0.15, 0.2) is 16.8 Å². The van der Waals surface area contributed by atoms with Gasteiger partial charge < -0.3 is 5.32 Å². The molecular weight excluding hydrogens is 214 g/mol. The zero-order valence-corrected chi connectivity index (χ0v) is 11.8. The summed E-state index contributed by atoms with van der Waals surface area (Å²) in [5, 5.41) is 8.07. The smallest absolute Gasteiger partial charge is 0.00981 e. The lowest BCUT2D eigenvalue weighted by atomic mass is 9.87. The SMILES string of the molecule is CCNC(CCc1ccsc1)C(C)C(C)C. The van der Waals surface area contributed by atoms with Gasteiger partial charge in [0.1, 0.15) is 0 Å². The maximum absolute atomic E-state index is 3.63. The van der Waals surface area contributed by atoms with Crippen LogP contribution in [0.1, 0.15) is 39.7 Å². The van der Waals surface area contributed by atoms with Gasteiger partial charge in [0.2, 0.25) is 0 Å². The molecule has 1 N–H and O–H groups in total. The lowest BCUT2D eigenvalue weighted by Gasteiger charge is -2.27. The first-order valence-corrected chi connectivity index (χ1v) is 7.33. The van der Waals surface area contributed by atoms with Gasteiger partial charge in [-0.3, -0.25) is 0 Å². The van der Waals surface area contributed by atoms with Gasteiger partial charge in [-0.2, -0.15) is 11.3 Å². The van der Waals surface area contributed by atoms with E-state index in [1.807, 2.05) is 0 Å². The van der Waals surface area contributed by atoms with Crippen LogP contribution in [-0.4, -0.2) is 12.6 Å². The highest BCUT2D eigenvalue weighted by molar-refractivity contribution is 7.07. The molecule has 0 spiro atoms. The zero-order valence-electron chi connectivity index (χ0n) is 11.0. The number of aryl methyl sites for hydroxylation is 1. The molecule has 0 radical (unpaired) electrons. The van der Waals surface area contributed by atoms with Crippen LogP contribution >= 0.6 is 11.3 Å². The third-order valence-corrected chi connectivity index (χ3v) is 4.21. The van der Waals surface area contributed by atoms with E-state index in [1.54, 1.807) is 11.3 Å². The van der Waals surface area contributed by atoms with E-state index in [2.05, 4.69) is 49.8 Å². The highest BCUT2D eigenvalue weighted by Crippen LogP contribution is 2.19. The van der Waals surface area contributed by atoms with E-state index in [-0.39, 0.29) is 0 Å². The Morgan fingerprint density at radius 1 is 1.31 bits per heavy atom. The van der Waals surface area contributed by atoms with Crippen molar-refractivity contribution in [2.24, 2.45) is 11.8 Å². The molecule has 0 bridgehead atoms. The minimum Gasteiger partial charge on any atom is -0.314 e.